The number of hydrogen-bond donors (Lipinski definition) is 0. The fourth-order valence-corrected chi connectivity index (χ4v) is 12.1. The highest BCUT2D eigenvalue weighted by Gasteiger charge is 2.60. The van der Waals surface area contributed by atoms with E-state index in [-0.39, 0.29) is 18.0 Å². The number of fused-ring (bicyclic) bond motifs is 26. The molecule has 4 nitrogen and oxygen atoms in total. The van der Waals surface area contributed by atoms with Crippen LogP contribution in [0.15, 0.2) is 12.2 Å². The minimum Gasteiger partial charge on any atom is -0.466 e. The van der Waals surface area contributed by atoms with Gasteiger partial charge in [0.05, 0.1) is 6.61 Å². The Labute approximate surface area is 295 Å². The van der Waals surface area contributed by atoms with Crippen LogP contribution >= 0.6 is 0 Å². The standard InChI is InChI=1S/C44H74O4/c1-34-22-27-41(45)47-32-20-18-16-14-12-10-8-6-4-5-7-9-11-13-15-17-19-21-42(46)48-36-28-30-43(2)35(33-36)23-24-37-39-26-25-38(34)44(39,3)31-29-40(37)43/h4-5,34-40H,6-33H2,1-3H3/t34-,35?,36-,37+,38-,39+,40+,43+,44-/m1/s1. The first kappa shape index (κ1) is 37.9. The second-order valence-electron chi connectivity index (χ2n) is 17.9. The zero-order valence-electron chi connectivity index (χ0n) is 31.6. The molecule has 6 rings (SSSR count). The van der Waals surface area contributed by atoms with Gasteiger partial charge in [-0.05, 0) is 149 Å². The average molecular weight is 667 g/mol. The summed E-state index contributed by atoms with van der Waals surface area (Å²) >= 11 is 0. The van der Waals surface area contributed by atoms with Gasteiger partial charge in [0.15, 0.2) is 0 Å². The number of hydrogen-bond acceptors (Lipinski definition) is 4. The van der Waals surface area contributed by atoms with Crippen molar-refractivity contribution in [2.45, 2.75) is 200 Å². The lowest BCUT2D eigenvalue weighted by molar-refractivity contribution is -0.162. The minimum atomic E-state index is 0.0264. The Morgan fingerprint density at radius 3 is 1.92 bits per heavy atom. The third-order valence-corrected chi connectivity index (χ3v) is 14.9. The maximum absolute atomic E-state index is 12.8. The first-order valence-corrected chi connectivity index (χ1v) is 21.3. The van der Waals surface area contributed by atoms with Crippen molar-refractivity contribution in [3.05, 3.63) is 12.2 Å². The summed E-state index contributed by atoms with van der Waals surface area (Å²) in [7, 11) is 0. The predicted molar refractivity (Wildman–Crippen MR) is 197 cm³/mol. The van der Waals surface area contributed by atoms with Crippen molar-refractivity contribution in [1.29, 1.82) is 0 Å². The van der Waals surface area contributed by atoms with E-state index in [9.17, 15) is 9.59 Å². The van der Waals surface area contributed by atoms with Gasteiger partial charge in [0, 0.05) is 12.8 Å². The fraction of sp³-hybridized carbons (Fsp3) is 0.909. The van der Waals surface area contributed by atoms with E-state index in [1.165, 1.54) is 122 Å². The van der Waals surface area contributed by atoms with Crippen molar-refractivity contribution in [2.75, 3.05) is 6.61 Å². The van der Waals surface area contributed by atoms with Crippen molar-refractivity contribution >= 4 is 11.9 Å². The molecule has 0 saturated heterocycles. The molecular weight excluding hydrogens is 592 g/mol. The van der Waals surface area contributed by atoms with E-state index in [4.69, 9.17) is 9.47 Å². The van der Waals surface area contributed by atoms with Gasteiger partial charge in [0.25, 0.3) is 0 Å². The van der Waals surface area contributed by atoms with Crippen molar-refractivity contribution < 1.29 is 19.1 Å². The summed E-state index contributed by atoms with van der Waals surface area (Å²) in [6.07, 6.45) is 37.0. The molecule has 4 heteroatoms. The molecule has 5 bridgehead atoms. The lowest BCUT2D eigenvalue weighted by Crippen LogP contribution is -2.54. The molecule has 274 valence electrons. The van der Waals surface area contributed by atoms with Crippen molar-refractivity contribution in [3.63, 3.8) is 0 Å². The summed E-state index contributed by atoms with van der Waals surface area (Å²) in [6.45, 7) is 8.31. The molecule has 0 aromatic carbocycles. The molecule has 1 unspecified atom stereocenters. The molecule has 48 heavy (non-hydrogen) atoms. The van der Waals surface area contributed by atoms with E-state index in [0.29, 0.717) is 42.1 Å². The van der Waals surface area contributed by atoms with Crippen molar-refractivity contribution in [1.82, 2.24) is 0 Å². The van der Waals surface area contributed by atoms with Crippen LogP contribution in [-0.2, 0) is 19.1 Å². The Morgan fingerprint density at radius 2 is 1.19 bits per heavy atom. The van der Waals surface area contributed by atoms with Gasteiger partial charge in [-0.2, -0.15) is 0 Å². The number of rotatable bonds is 0. The summed E-state index contributed by atoms with van der Waals surface area (Å²) in [5.74, 6) is 4.64. The van der Waals surface area contributed by atoms with Gasteiger partial charge < -0.3 is 9.47 Å². The molecular formula is C44H74O4. The maximum atomic E-state index is 12.8. The molecule has 0 aromatic heterocycles. The number of ether oxygens (including phenoxy) is 2. The molecule has 0 aromatic rings. The Kier molecular flexibility index (Phi) is 14.8. The topological polar surface area (TPSA) is 52.6 Å². The molecule has 0 amide bonds. The van der Waals surface area contributed by atoms with Crippen LogP contribution in [0.3, 0.4) is 0 Å². The zero-order chi connectivity index (χ0) is 33.8. The Morgan fingerprint density at radius 1 is 0.583 bits per heavy atom. The highest BCUT2D eigenvalue weighted by molar-refractivity contribution is 5.69. The van der Waals surface area contributed by atoms with Crippen LogP contribution in [-0.4, -0.2) is 24.6 Å². The van der Waals surface area contributed by atoms with Crippen LogP contribution in [0.4, 0.5) is 0 Å². The number of carbonyl (C=O) groups excluding carboxylic acids is 2. The first-order valence-electron chi connectivity index (χ1n) is 21.3. The monoisotopic (exact) mass is 667 g/mol. The van der Waals surface area contributed by atoms with E-state index >= 15 is 0 Å². The van der Waals surface area contributed by atoms with Gasteiger partial charge in [-0.3, -0.25) is 9.59 Å². The van der Waals surface area contributed by atoms with E-state index in [1.807, 2.05) is 0 Å². The third kappa shape index (κ3) is 9.92. The van der Waals surface area contributed by atoms with E-state index in [1.54, 1.807) is 0 Å². The Bertz CT molecular complexity index is 1020. The molecule has 6 aliphatic rings. The smallest absolute Gasteiger partial charge is 0.306 e. The van der Waals surface area contributed by atoms with Crippen LogP contribution in [0.5, 0.6) is 0 Å². The number of allylic oxidation sites excluding steroid dienone is 2. The lowest BCUT2D eigenvalue weighted by atomic mass is 9.44. The second kappa shape index (κ2) is 18.8. The van der Waals surface area contributed by atoms with Crippen molar-refractivity contribution in [2.24, 2.45) is 46.3 Å². The molecule has 4 saturated carbocycles. The Balaban J connectivity index is 1.13. The summed E-state index contributed by atoms with van der Waals surface area (Å²) in [4.78, 5) is 25.5. The zero-order valence-corrected chi connectivity index (χ0v) is 31.6. The molecule has 4 fully saturated rings. The van der Waals surface area contributed by atoms with Gasteiger partial charge >= 0.3 is 11.9 Å². The predicted octanol–water partition coefficient (Wildman–Crippen LogP) is 12.3. The summed E-state index contributed by atoms with van der Waals surface area (Å²) < 4.78 is 11.8. The van der Waals surface area contributed by atoms with Crippen molar-refractivity contribution in [3.8, 4) is 0 Å². The van der Waals surface area contributed by atoms with Crippen LogP contribution in [0.2, 0.25) is 0 Å². The average Bonchev–Trinajstić information content (AvgIpc) is 3.43. The lowest BCUT2D eigenvalue weighted by Gasteiger charge is -2.61. The van der Waals surface area contributed by atoms with Crippen LogP contribution in [0.1, 0.15) is 194 Å². The third-order valence-electron chi connectivity index (χ3n) is 14.9. The van der Waals surface area contributed by atoms with Gasteiger partial charge in [0.1, 0.15) is 6.10 Å². The highest BCUT2D eigenvalue weighted by atomic mass is 16.5. The maximum Gasteiger partial charge on any atom is 0.306 e. The first-order chi connectivity index (χ1) is 23.3. The quantitative estimate of drug-likeness (QED) is 0.191. The SMILES string of the molecule is C[C@@H]1CCC(=O)OCCCCCCCCCC=CCCCCCCCCC(=O)O[C@@H]2CC[C@@]3(C)C(CC[C@H]4[C@@H]5CC[C@H]1[C@@]5(C)CC[C@@H]43)C2. The van der Waals surface area contributed by atoms with Crippen LogP contribution < -0.4 is 0 Å². The molecule has 0 N–H and O–H groups in total. The molecule has 0 spiro atoms. The summed E-state index contributed by atoms with van der Waals surface area (Å²) in [5.41, 5.74) is 0.833. The molecule has 2 aliphatic heterocycles. The van der Waals surface area contributed by atoms with E-state index in [0.717, 1.165) is 62.2 Å². The van der Waals surface area contributed by atoms with Gasteiger partial charge in [0.2, 0.25) is 0 Å². The normalized spacial score (nSPS) is 40.9. The number of carbonyl (C=O) groups is 2. The van der Waals surface area contributed by atoms with Gasteiger partial charge in [-0.25, -0.2) is 0 Å². The summed E-state index contributed by atoms with van der Waals surface area (Å²) in [5, 5.41) is 0. The molecule has 4 aliphatic carbocycles. The molecule has 2 heterocycles. The van der Waals surface area contributed by atoms with Gasteiger partial charge in [-0.15, -0.1) is 0 Å². The second-order valence-corrected chi connectivity index (χ2v) is 17.9. The Hall–Kier alpha value is -1.32. The number of esters is 2. The van der Waals surface area contributed by atoms with Gasteiger partial charge in [-0.1, -0.05) is 90.7 Å². The van der Waals surface area contributed by atoms with E-state index < -0.39 is 0 Å². The highest BCUT2D eigenvalue weighted by Crippen LogP contribution is 2.68. The molecule has 9 atom stereocenters. The van der Waals surface area contributed by atoms with Crippen LogP contribution in [0.25, 0.3) is 0 Å². The summed E-state index contributed by atoms with van der Waals surface area (Å²) in [6, 6.07) is 0. The molecule has 0 radical (unpaired) electrons. The minimum absolute atomic E-state index is 0.0264. The fourth-order valence-electron chi connectivity index (χ4n) is 12.1. The van der Waals surface area contributed by atoms with E-state index in [2.05, 4.69) is 32.9 Å². The largest absolute Gasteiger partial charge is 0.466 e. The van der Waals surface area contributed by atoms with Crippen LogP contribution in [0, 0.1) is 46.3 Å².